The molecule has 0 fully saturated rings. The van der Waals surface area contributed by atoms with Crippen LogP contribution in [0.2, 0.25) is 0 Å². The number of carbonyl (C=O) groups excluding carboxylic acids is 1. The molecule has 1 unspecified atom stereocenters. The first-order valence-corrected chi connectivity index (χ1v) is 4.10. The molecule has 1 heterocycles. The number of esters is 1. The molecule has 4 nitrogen and oxygen atoms in total. The number of aliphatic hydroxyl groups excluding tert-OH is 1. The van der Waals surface area contributed by atoms with Crippen molar-refractivity contribution in [3.05, 3.63) is 29.6 Å². The lowest BCUT2D eigenvalue weighted by atomic mass is 10.1. The zero-order valence-electron chi connectivity index (χ0n) is 7.91. The van der Waals surface area contributed by atoms with Gasteiger partial charge in [0.05, 0.1) is 37.6 Å². The average molecular weight is 217 g/mol. The molecule has 1 aromatic rings. The largest absolute Gasteiger partial charge is 0.469 e. The highest BCUT2D eigenvalue weighted by atomic mass is 19.1. The molecule has 1 rings (SSSR count). The first kappa shape index (κ1) is 11.5. The van der Waals surface area contributed by atoms with E-state index < -0.39 is 35.7 Å². The Labute approximate surface area is 84.5 Å². The second kappa shape index (κ2) is 4.79. The number of aliphatic hydroxyl groups is 1. The first-order valence-electron chi connectivity index (χ1n) is 4.10. The number of nitrogens with zero attached hydrogens (tertiary/aromatic N) is 1. The van der Waals surface area contributed by atoms with Crippen LogP contribution < -0.4 is 0 Å². The minimum absolute atomic E-state index is 0.506. The highest BCUT2D eigenvalue weighted by Crippen LogP contribution is 2.22. The van der Waals surface area contributed by atoms with E-state index >= 15 is 0 Å². The van der Waals surface area contributed by atoms with Crippen molar-refractivity contribution in [2.75, 3.05) is 7.11 Å². The molecule has 1 N–H and O–H groups in total. The Morgan fingerprint density at radius 1 is 1.53 bits per heavy atom. The zero-order chi connectivity index (χ0) is 11.4. The molecule has 0 bridgehead atoms. The van der Waals surface area contributed by atoms with Crippen LogP contribution in [0.3, 0.4) is 0 Å². The highest BCUT2D eigenvalue weighted by molar-refractivity contribution is 5.70. The number of halogens is 2. The van der Waals surface area contributed by atoms with E-state index in [0.717, 1.165) is 19.5 Å². The lowest BCUT2D eigenvalue weighted by Gasteiger charge is -2.10. The predicted octanol–water partition coefficient (Wildman–Crippen LogP) is 0.956. The minimum Gasteiger partial charge on any atom is -0.469 e. The van der Waals surface area contributed by atoms with Gasteiger partial charge in [-0.05, 0) is 0 Å². The van der Waals surface area contributed by atoms with E-state index in [0.29, 0.717) is 0 Å². The number of methoxy groups -OCH3 is 1. The molecule has 0 aliphatic heterocycles. The molecule has 1 aromatic heterocycles. The molecule has 0 saturated heterocycles. The van der Waals surface area contributed by atoms with Crippen LogP contribution in [-0.4, -0.2) is 23.2 Å². The summed E-state index contributed by atoms with van der Waals surface area (Å²) >= 11 is 0. The summed E-state index contributed by atoms with van der Waals surface area (Å²) in [6.07, 6.45) is -0.549. The highest BCUT2D eigenvalue weighted by Gasteiger charge is 2.21. The fourth-order valence-corrected chi connectivity index (χ4v) is 1.08. The van der Waals surface area contributed by atoms with Gasteiger partial charge in [-0.25, -0.2) is 8.78 Å². The summed E-state index contributed by atoms with van der Waals surface area (Å²) in [5, 5.41) is 9.38. The first-order chi connectivity index (χ1) is 7.06. The van der Waals surface area contributed by atoms with Gasteiger partial charge < -0.3 is 9.84 Å². The van der Waals surface area contributed by atoms with Gasteiger partial charge in [-0.3, -0.25) is 9.78 Å². The maximum absolute atomic E-state index is 13.0. The minimum atomic E-state index is -1.57. The Bertz CT molecular complexity index is 350. The van der Waals surface area contributed by atoms with Gasteiger partial charge in [0.2, 0.25) is 0 Å². The van der Waals surface area contributed by atoms with Crippen LogP contribution in [0.15, 0.2) is 12.4 Å². The summed E-state index contributed by atoms with van der Waals surface area (Å²) < 4.78 is 30.3. The van der Waals surface area contributed by atoms with Crippen LogP contribution in [-0.2, 0) is 9.53 Å². The molecule has 15 heavy (non-hydrogen) atoms. The van der Waals surface area contributed by atoms with E-state index in [1.54, 1.807) is 0 Å². The lowest BCUT2D eigenvalue weighted by Crippen LogP contribution is -2.11. The van der Waals surface area contributed by atoms with Crippen molar-refractivity contribution in [2.24, 2.45) is 0 Å². The molecule has 0 aromatic carbocycles. The second-order valence-electron chi connectivity index (χ2n) is 2.81. The summed E-state index contributed by atoms with van der Waals surface area (Å²) in [7, 11) is 1.12. The Hall–Kier alpha value is -1.56. The van der Waals surface area contributed by atoms with Crippen molar-refractivity contribution < 1.29 is 23.4 Å². The van der Waals surface area contributed by atoms with Gasteiger partial charge in [-0.15, -0.1) is 0 Å². The normalized spacial score (nSPS) is 12.3. The molecular weight excluding hydrogens is 208 g/mol. The SMILES string of the molecule is COC(=O)CC(O)c1c(F)cncc1F. The van der Waals surface area contributed by atoms with Crippen molar-refractivity contribution >= 4 is 5.97 Å². The Morgan fingerprint density at radius 2 is 2.07 bits per heavy atom. The van der Waals surface area contributed by atoms with Gasteiger partial charge in [0.1, 0.15) is 11.6 Å². The Balaban J connectivity index is 2.90. The molecule has 1 atom stereocenters. The van der Waals surface area contributed by atoms with Crippen molar-refractivity contribution in [2.45, 2.75) is 12.5 Å². The molecular formula is C9H9F2NO3. The van der Waals surface area contributed by atoms with E-state index in [4.69, 9.17) is 0 Å². The van der Waals surface area contributed by atoms with Crippen LogP contribution in [0.4, 0.5) is 8.78 Å². The monoisotopic (exact) mass is 217 g/mol. The summed E-state index contributed by atoms with van der Waals surface area (Å²) in [6, 6.07) is 0. The van der Waals surface area contributed by atoms with Crippen LogP contribution >= 0.6 is 0 Å². The summed E-state index contributed by atoms with van der Waals surface area (Å²) in [5.74, 6) is -2.74. The molecule has 0 radical (unpaired) electrons. The summed E-state index contributed by atoms with van der Waals surface area (Å²) in [5.41, 5.74) is -0.574. The smallest absolute Gasteiger partial charge is 0.308 e. The van der Waals surface area contributed by atoms with Crippen LogP contribution in [0.1, 0.15) is 18.1 Å². The molecule has 0 amide bonds. The maximum Gasteiger partial charge on any atom is 0.308 e. The Morgan fingerprint density at radius 3 is 2.53 bits per heavy atom. The molecule has 0 spiro atoms. The summed E-state index contributed by atoms with van der Waals surface area (Å²) in [4.78, 5) is 14.0. The lowest BCUT2D eigenvalue weighted by molar-refractivity contribution is -0.142. The maximum atomic E-state index is 13.0. The van der Waals surface area contributed by atoms with Crippen molar-refractivity contribution in [1.29, 1.82) is 0 Å². The molecule has 6 heteroatoms. The summed E-state index contributed by atoms with van der Waals surface area (Å²) in [6.45, 7) is 0. The van der Waals surface area contributed by atoms with E-state index in [9.17, 15) is 18.7 Å². The van der Waals surface area contributed by atoms with Gasteiger partial charge >= 0.3 is 5.97 Å². The van der Waals surface area contributed by atoms with Gasteiger partial charge in [-0.1, -0.05) is 0 Å². The fraction of sp³-hybridized carbons (Fsp3) is 0.333. The third-order valence-corrected chi connectivity index (χ3v) is 1.81. The zero-order valence-corrected chi connectivity index (χ0v) is 7.91. The number of aromatic nitrogens is 1. The van der Waals surface area contributed by atoms with Gasteiger partial charge in [0.15, 0.2) is 0 Å². The predicted molar refractivity (Wildman–Crippen MR) is 45.7 cm³/mol. The number of hydrogen-bond donors (Lipinski definition) is 1. The van der Waals surface area contributed by atoms with Crippen molar-refractivity contribution in [3.8, 4) is 0 Å². The van der Waals surface area contributed by atoms with Crippen molar-refractivity contribution in [3.63, 3.8) is 0 Å². The van der Waals surface area contributed by atoms with E-state index in [-0.39, 0.29) is 0 Å². The van der Waals surface area contributed by atoms with E-state index in [1.165, 1.54) is 0 Å². The third-order valence-electron chi connectivity index (χ3n) is 1.81. The van der Waals surface area contributed by atoms with Crippen LogP contribution in [0.5, 0.6) is 0 Å². The number of hydrogen-bond acceptors (Lipinski definition) is 4. The molecule has 82 valence electrons. The van der Waals surface area contributed by atoms with Gasteiger partial charge in [-0.2, -0.15) is 0 Å². The second-order valence-corrected chi connectivity index (χ2v) is 2.81. The quantitative estimate of drug-likeness (QED) is 0.766. The van der Waals surface area contributed by atoms with Crippen LogP contribution in [0, 0.1) is 11.6 Å². The molecule has 0 aliphatic carbocycles. The number of carbonyl (C=O) groups is 1. The number of rotatable bonds is 3. The molecule has 0 saturated carbocycles. The van der Waals surface area contributed by atoms with E-state index in [2.05, 4.69) is 9.72 Å². The Kier molecular flexibility index (Phi) is 3.68. The van der Waals surface area contributed by atoms with Gasteiger partial charge in [0, 0.05) is 0 Å². The standard InChI is InChI=1S/C9H9F2NO3/c1-15-8(14)2-7(13)9-5(10)3-12-4-6(9)11/h3-4,7,13H,2H2,1H3. The third kappa shape index (κ3) is 2.69. The average Bonchev–Trinajstić information content (AvgIpc) is 2.17. The fourth-order valence-electron chi connectivity index (χ4n) is 1.08. The molecule has 0 aliphatic rings. The number of pyridine rings is 1. The topological polar surface area (TPSA) is 59.4 Å². The van der Waals surface area contributed by atoms with E-state index in [1.807, 2.05) is 0 Å². The van der Waals surface area contributed by atoms with Crippen LogP contribution in [0.25, 0.3) is 0 Å². The van der Waals surface area contributed by atoms with Crippen molar-refractivity contribution in [1.82, 2.24) is 4.98 Å². The number of ether oxygens (including phenoxy) is 1. The van der Waals surface area contributed by atoms with Gasteiger partial charge in [0.25, 0.3) is 0 Å².